The molecule has 0 atom stereocenters. The van der Waals surface area contributed by atoms with Crippen LogP contribution in [0, 0.1) is 0 Å². The number of hydrogen-bond donors (Lipinski definition) is 0. The van der Waals surface area contributed by atoms with Gasteiger partial charge in [0.2, 0.25) is 0 Å². The van der Waals surface area contributed by atoms with Crippen LogP contribution < -0.4 is 4.67 Å². The minimum Gasteiger partial charge on any atom is -0.448 e. The van der Waals surface area contributed by atoms with Crippen molar-refractivity contribution in [3.8, 4) is 0 Å². The molecule has 0 N–H and O–H groups in total. The van der Waals surface area contributed by atoms with E-state index < -0.39 is 18.3 Å². The van der Waals surface area contributed by atoms with Gasteiger partial charge in [-0.15, -0.1) is 0 Å². The Morgan fingerprint density at radius 1 is 1.50 bits per heavy atom. The SMILES string of the molecule is CCCCc1cn(C(C)(C)CF)sc1=NC(=O)OCC. The molecular weight excluding hydrogens is 279 g/mol. The third-order valence-electron chi connectivity index (χ3n) is 2.92. The molecule has 0 aliphatic rings. The smallest absolute Gasteiger partial charge is 0.434 e. The fraction of sp³-hybridized carbons (Fsp3) is 0.714. The highest BCUT2D eigenvalue weighted by Gasteiger charge is 2.21. The fourth-order valence-electron chi connectivity index (χ4n) is 1.60. The molecule has 1 aromatic heterocycles. The number of aryl methyl sites for hydroxylation is 1. The molecule has 0 bridgehead atoms. The molecule has 0 aliphatic heterocycles. The Hall–Kier alpha value is -1.17. The minimum absolute atomic E-state index is 0.300. The van der Waals surface area contributed by atoms with Gasteiger partial charge >= 0.3 is 6.09 Å². The van der Waals surface area contributed by atoms with E-state index in [4.69, 9.17) is 4.74 Å². The van der Waals surface area contributed by atoms with Gasteiger partial charge in [-0.3, -0.25) is 3.96 Å². The van der Waals surface area contributed by atoms with Gasteiger partial charge in [0.05, 0.1) is 12.1 Å². The van der Waals surface area contributed by atoms with Crippen LogP contribution in [0.3, 0.4) is 0 Å². The highest BCUT2D eigenvalue weighted by Crippen LogP contribution is 2.19. The van der Waals surface area contributed by atoms with Gasteiger partial charge < -0.3 is 4.74 Å². The Balaban J connectivity index is 3.16. The van der Waals surface area contributed by atoms with Gasteiger partial charge in [0.25, 0.3) is 0 Å². The van der Waals surface area contributed by atoms with Gasteiger partial charge in [0, 0.05) is 11.8 Å². The highest BCUT2D eigenvalue weighted by atomic mass is 32.1. The van der Waals surface area contributed by atoms with Crippen LogP contribution >= 0.6 is 11.5 Å². The molecule has 0 spiro atoms. The van der Waals surface area contributed by atoms with Crippen LogP contribution in [-0.4, -0.2) is 23.3 Å². The number of aromatic nitrogens is 1. The highest BCUT2D eigenvalue weighted by molar-refractivity contribution is 7.04. The van der Waals surface area contributed by atoms with E-state index in [1.807, 2.05) is 24.0 Å². The maximum Gasteiger partial charge on any atom is 0.434 e. The molecule has 1 aromatic rings. The molecule has 1 heterocycles. The summed E-state index contributed by atoms with van der Waals surface area (Å²) >= 11 is 1.30. The first-order valence-corrected chi connectivity index (χ1v) is 7.71. The lowest BCUT2D eigenvalue weighted by Crippen LogP contribution is -2.26. The van der Waals surface area contributed by atoms with Crippen molar-refractivity contribution in [2.75, 3.05) is 13.3 Å². The number of amides is 1. The summed E-state index contributed by atoms with van der Waals surface area (Å²) in [6, 6.07) is 0. The zero-order valence-electron chi connectivity index (χ0n) is 12.6. The number of ether oxygens (including phenoxy) is 1. The second kappa shape index (κ2) is 7.57. The van der Waals surface area contributed by atoms with E-state index in [0.717, 1.165) is 24.8 Å². The largest absolute Gasteiger partial charge is 0.448 e. The lowest BCUT2D eigenvalue weighted by molar-refractivity contribution is 0.162. The third-order valence-corrected chi connectivity index (χ3v) is 4.24. The van der Waals surface area contributed by atoms with Crippen LogP contribution in [0.4, 0.5) is 9.18 Å². The maximum absolute atomic E-state index is 13.1. The number of nitrogens with zero attached hydrogens (tertiary/aromatic N) is 2. The summed E-state index contributed by atoms with van der Waals surface area (Å²) in [5.74, 6) is 0. The first-order chi connectivity index (χ1) is 9.44. The summed E-state index contributed by atoms with van der Waals surface area (Å²) in [6.45, 7) is 7.32. The molecule has 0 aliphatic carbocycles. The van der Waals surface area contributed by atoms with Crippen molar-refractivity contribution in [2.45, 2.75) is 52.5 Å². The average Bonchev–Trinajstić information content (AvgIpc) is 2.80. The van der Waals surface area contributed by atoms with Crippen molar-refractivity contribution in [2.24, 2.45) is 4.99 Å². The van der Waals surface area contributed by atoms with Gasteiger partial charge in [-0.25, -0.2) is 9.18 Å². The van der Waals surface area contributed by atoms with Crippen LogP contribution in [0.5, 0.6) is 0 Å². The molecule has 0 unspecified atom stereocenters. The monoisotopic (exact) mass is 302 g/mol. The van der Waals surface area contributed by atoms with Gasteiger partial charge in [0.1, 0.15) is 11.3 Å². The maximum atomic E-state index is 13.1. The van der Waals surface area contributed by atoms with Crippen molar-refractivity contribution in [3.05, 3.63) is 16.4 Å². The number of rotatable bonds is 6. The lowest BCUT2D eigenvalue weighted by atomic mass is 10.1. The normalized spacial score (nSPS) is 12.8. The van der Waals surface area contributed by atoms with E-state index in [0.29, 0.717) is 11.3 Å². The fourth-order valence-corrected chi connectivity index (χ4v) is 2.65. The molecule has 1 rings (SSSR count). The Bertz CT molecular complexity index is 506. The molecule has 4 nitrogen and oxygen atoms in total. The third kappa shape index (κ3) is 4.44. The molecule has 0 saturated carbocycles. The van der Waals surface area contributed by atoms with Crippen molar-refractivity contribution in [1.29, 1.82) is 0 Å². The quantitative estimate of drug-likeness (QED) is 0.805. The molecule has 0 fully saturated rings. The Kier molecular flexibility index (Phi) is 6.39. The van der Waals surface area contributed by atoms with E-state index in [1.165, 1.54) is 11.5 Å². The van der Waals surface area contributed by atoms with E-state index in [2.05, 4.69) is 11.9 Å². The van der Waals surface area contributed by atoms with Crippen molar-refractivity contribution in [3.63, 3.8) is 0 Å². The van der Waals surface area contributed by atoms with Crippen molar-refractivity contribution in [1.82, 2.24) is 3.96 Å². The summed E-state index contributed by atoms with van der Waals surface area (Å²) < 4.78 is 20.4. The van der Waals surface area contributed by atoms with Gasteiger partial charge in [-0.2, -0.15) is 4.99 Å². The number of alkyl halides is 1. The Morgan fingerprint density at radius 3 is 2.75 bits per heavy atom. The van der Waals surface area contributed by atoms with Gasteiger partial charge in [-0.1, -0.05) is 13.3 Å². The molecule has 1 amide bonds. The second-order valence-corrected chi connectivity index (χ2v) is 6.20. The summed E-state index contributed by atoms with van der Waals surface area (Å²) in [7, 11) is 0. The van der Waals surface area contributed by atoms with E-state index in [-0.39, 0.29) is 0 Å². The van der Waals surface area contributed by atoms with Crippen molar-refractivity contribution >= 4 is 17.6 Å². The Morgan fingerprint density at radius 2 is 2.20 bits per heavy atom. The number of halogens is 1. The molecular formula is C14H23FN2O2S. The summed E-state index contributed by atoms with van der Waals surface area (Å²) in [6.07, 6.45) is 4.22. The van der Waals surface area contributed by atoms with Gasteiger partial charge in [0.15, 0.2) is 0 Å². The van der Waals surface area contributed by atoms with Crippen molar-refractivity contribution < 1.29 is 13.9 Å². The van der Waals surface area contributed by atoms with Crippen LogP contribution in [0.15, 0.2) is 11.2 Å². The number of carbonyl (C=O) groups is 1. The average molecular weight is 302 g/mol. The number of carbonyl (C=O) groups excluding carboxylic acids is 1. The molecule has 114 valence electrons. The molecule has 0 saturated heterocycles. The van der Waals surface area contributed by atoms with Crippen LogP contribution in [0.25, 0.3) is 0 Å². The first-order valence-electron chi connectivity index (χ1n) is 6.94. The predicted molar refractivity (Wildman–Crippen MR) is 78.8 cm³/mol. The van der Waals surface area contributed by atoms with Crippen LogP contribution in [0.2, 0.25) is 0 Å². The van der Waals surface area contributed by atoms with E-state index >= 15 is 0 Å². The summed E-state index contributed by atoms with van der Waals surface area (Å²) in [5, 5.41) is 0. The van der Waals surface area contributed by atoms with Crippen LogP contribution in [0.1, 0.15) is 46.1 Å². The summed E-state index contributed by atoms with van der Waals surface area (Å²) in [4.78, 5) is 15.5. The molecule has 0 aromatic carbocycles. The predicted octanol–water partition coefficient (Wildman–Crippen LogP) is 3.65. The minimum atomic E-state index is -0.617. The number of hydrogen-bond acceptors (Lipinski definition) is 3. The Labute approximate surface area is 123 Å². The second-order valence-electron chi connectivity index (χ2n) is 5.24. The molecule has 20 heavy (non-hydrogen) atoms. The first kappa shape index (κ1) is 16.9. The molecule has 6 heteroatoms. The summed E-state index contributed by atoms with van der Waals surface area (Å²) in [5.41, 5.74) is 0.361. The van der Waals surface area contributed by atoms with Gasteiger partial charge in [-0.05, 0) is 45.1 Å². The number of unbranched alkanes of at least 4 members (excludes halogenated alkanes) is 1. The standard InChI is InChI=1S/C14H23FN2O2S/c1-5-7-8-11-9-17(14(3,4)10-15)20-12(11)16-13(18)19-6-2/h9H,5-8,10H2,1-4H3. The zero-order valence-corrected chi connectivity index (χ0v) is 13.4. The molecule has 0 radical (unpaired) electrons. The zero-order chi connectivity index (χ0) is 15.2. The van der Waals surface area contributed by atoms with Crippen LogP contribution in [-0.2, 0) is 16.7 Å². The van der Waals surface area contributed by atoms with E-state index in [9.17, 15) is 9.18 Å². The topological polar surface area (TPSA) is 43.6 Å². The van der Waals surface area contributed by atoms with E-state index in [1.54, 1.807) is 6.92 Å². The lowest BCUT2D eigenvalue weighted by Gasteiger charge is -2.21.